The highest BCUT2D eigenvalue weighted by Gasteiger charge is 2.29. The maximum atomic E-state index is 13.0. The van der Waals surface area contributed by atoms with Crippen LogP contribution in [-0.4, -0.2) is 128 Å². The first-order valence-corrected chi connectivity index (χ1v) is 25.9. The summed E-state index contributed by atoms with van der Waals surface area (Å²) < 4.78 is 20.7. The maximum Gasteiger partial charge on any atom is 0.229 e. The monoisotopic (exact) mass is 925 g/mol. The molecule has 3 N–H and O–H groups in total. The first-order valence-electron chi connectivity index (χ1n) is 22.9. The first kappa shape index (κ1) is 47.7. The fraction of sp³-hybridized carbons (Fsp3) is 0.479. The van der Waals surface area contributed by atoms with E-state index in [9.17, 15) is 14.2 Å². The molecule has 7 rings (SSSR count). The molecule has 2 aliphatic heterocycles. The van der Waals surface area contributed by atoms with Crippen molar-refractivity contribution in [2.45, 2.75) is 64.3 Å². The van der Waals surface area contributed by atoms with Gasteiger partial charge in [0, 0.05) is 94.8 Å². The van der Waals surface area contributed by atoms with Gasteiger partial charge in [-0.15, -0.1) is 0 Å². The smallest absolute Gasteiger partial charge is 0.229 e. The van der Waals surface area contributed by atoms with Crippen LogP contribution in [0.5, 0.6) is 5.75 Å². The van der Waals surface area contributed by atoms with Crippen molar-refractivity contribution in [3.05, 3.63) is 76.9 Å². The summed E-state index contributed by atoms with van der Waals surface area (Å²) in [7, 11) is 2.63. The Morgan fingerprint density at radius 3 is 2.46 bits per heavy atom. The van der Waals surface area contributed by atoms with Gasteiger partial charge in [0.1, 0.15) is 17.9 Å². The van der Waals surface area contributed by atoms with Crippen LogP contribution < -0.4 is 35.8 Å². The van der Waals surface area contributed by atoms with E-state index in [2.05, 4.69) is 78.0 Å². The van der Waals surface area contributed by atoms with Gasteiger partial charge in [-0.25, -0.2) is 4.98 Å². The van der Waals surface area contributed by atoms with Crippen molar-refractivity contribution in [1.82, 2.24) is 34.9 Å². The van der Waals surface area contributed by atoms with Crippen molar-refractivity contribution in [3.63, 3.8) is 0 Å². The van der Waals surface area contributed by atoms with Crippen molar-refractivity contribution < 1.29 is 18.9 Å². The summed E-state index contributed by atoms with van der Waals surface area (Å²) in [5.41, 5.74) is 6.17. The fourth-order valence-electron chi connectivity index (χ4n) is 9.14. The molecule has 2 aliphatic rings. The molecular weight excluding hydrogens is 861 g/mol. The average Bonchev–Trinajstić information content (AvgIpc) is 3.64. The lowest BCUT2D eigenvalue weighted by Crippen LogP contribution is -2.53. The summed E-state index contributed by atoms with van der Waals surface area (Å²) >= 11 is 6.54. The number of nitrogens with one attached hydrogen (secondary N) is 3. The zero-order valence-corrected chi connectivity index (χ0v) is 40.4. The summed E-state index contributed by atoms with van der Waals surface area (Å²) in [5, 5.41) is 15.9. The molecule has 348 valence electrons. The number of amides is 2. The lowest BCUT2D eigenvalue weighted by Gasteiger charge is -2.43. The Morgan fingerprint density at radius 1 is 0.985 bits per heavy atom. The lowest BCUT2D eigenvalue weighted by molar-refractivity contribution is -0.120. The number of ether oxygens (including phenoxy) is 1. The van der Waals surface area contributed by atoms with E-state index < -0.39 is 7.14 Å². The Balaban J connectivity index is 0.859. The number of anilines is 6. The van der Waals surface area contributed by atoms with Crippen LogP contribution >= 0.6 is 18.7 Å². The van der Waals surface area contributed by atoms with Crippen LogP contribution in [-0.2, 0) is 34.0 Å². The number of carbonyl (C=O) groups excluding carboxylic acids is 2. The van der Waals surface area contributed by atoms with Crippen LogP contribution in [0.2, 0.25) is 5.02 Å². The predicted molar refractivity (Wildman–Crippen MR) is 265 cm³/mol. The Kier molecular flexibility index (Phi) is 16.1. The summed E-state index contributed by atoms with van der Waals surface area (Å²) in [5.74, 6) is 1.98. The predicted octanol–water partition coefficient (Wildman–Crippen LogP) is 7.42. The van der Waals surface area contributed by atoms with E-state index in [-0.39, 0.29) is 18.9 Å². The molecule has 2 amide bonds. The lowest BCUT2D eigenvalue weighted by atomic mass is 9.99. The van der Waals surface area contributed by atoms with Crippen LogP contribution in [0, 0.1) is 0 Å². The Bertz CT molecular complexity index is 2480. The van der Waals surface area contributed by atoms with E-state index in [0.717, 1.165) is 106 Å². The molecule has 65 heavy (non-hydrogen) atoms. The molecule has 0 radical (unpaired) electrons. The normalized spacial score (nSPS) is 15.3. The third-order valence-corrected chi connectivity index (χ3v) is 14.7. The molecule has 0 aliphatic carbocycles. The van der Waals surface area contributed by atoms with Crippen LogP contribution in [0.3, 0.4) is 0 Å². The van der Waals surface area contributed by atoms with E-state index in [1.165, 1.54) is 34.6 Å². The van der Waals surface area contributed by atoms with Gasteiger partial charge in [0.05, 0.1) is 30.2 Å². The maximum absolute atomic E-state index is 13.0. The molecule has 0 atom stereocenters. The molecule has 15 nitrogen and oxygen atoms in total. The van der Waals surface area contributed by atoms with Crippen molar-refractivity contribution in [1.29, 1.82) is 0 Å². The third-order valence-electron chi connectivity index (χ3n) is 12.8. The number of hydrogen-bond acceptors (Lipinski definition) is 12. The number of fused-ring (bicyclic) bond motifs is 1. The summed E-state index contributed by atoms with van der Waals surface area (Å²) in [6.07, 6.45) is 10.2. The van der Waals surface area contributed by atoms with Crippen molar-refractivity contribution >= 4 is 81.9 Å². The van der Waals surface area contributed by atoms with Crippen molar-refractivity contribution in [2.75, 3.05) is 100 Å². The highest BCUT2D eigenvalue weighted by molar-refractivity contribution is 7.70. The zero-order valence-electron chi connectivity index (χ0n) is 38.8. The second-order valence-corrected chi connectivity index (χ2v) is 21.1. The van der Waals surface area contributed by atoms with E-state index >= 15 is 0 Å². The Labute approximate surface area is 388 Å². The molecule has 17 heteroatoms. The van der Waals surface area contributed by atoms with Gasteiger partial charge in [-0.1, -0.05) is 43.1 Å². The summed E-state index contributed by atoms with van der Waals surface area (Å²) in [4.78, 5) is 42.2. The average molecular weight is 927 g/mol. The third kappa shape index (κ3) is 11.8. The number of carbonyl (C=O) groups is 2. The standard InChI is InChI=1S/C48H65ClN11O4P/c1-7-35-30-40(53-48-51-32-38(49)46(54-48)52-39-14-10-11-15-44(39)65(5,6)63)43(64-4)31-41(35)59-22-18-36(19-23-59)58-27-25-57(26-28-58)21-12-8-9-13-34-16-17-37-42(29-34)56(3)55-47(37)60(33-61)24-20-45(62)50-2/h10-11,14-17,29-33,36H,7-9,12-13,18-28H2,1-6H3,(H,50,62)(H2,51,52,53,54). The zero-order chi connectivity index (χ0) is 46.1. The minimum absolute atomic E-state index is 0.110. The first-order chi connectivity index (χ1) is 31.4. The van der Waals surface area contributed by atoms with Gasteiger partial charge in [0.15, 0.2) is 11.6 Å². The van der Waals surface area contributed by atoms with Gasteiger partial charge in [-0.05, 0) is 99.9 Å². The van der Waals surface area contributed by atoms with Gasteiger partial charge in [-0.3, -0.25) is 24.1 Å². The van der Waals surface area contributed by atoms with Gasteiger partial charge in [0.25, 0.3) is 0 Å². The summed E-state index contributed by atoms with van der Waals surface area (Å²) in [6, 6.07) is 18.8. The van der Waals surface area contributed by atoms with Crippen LogP contribution in [0.25, 0.3) is 10.9 Å². The number of aromatic nitrogens is 4. The molecule has 3 aromatic carbocycles. The Hall–Kier alpha value is -5.21. The van der Waals surface area contributed by atoms with E-state index in [1.807, 2.05) is 36.0 Å². The molecule has 0 unspecified atom stereocenters. The molecule has 5 aromatic rings. The number of rotatable bonds is 20. The Morgan fingerprint density at radius 2 is 1.75 bits per heavy atom. The number of aryl methyl sites for hydroxylation is 3. The highest BCUT2D eigenvalue weighted by Crippen LogP contribution is 2.40. The SMILES string of the molecule is CCc1cc(Nc2ncc(Cl)c(Nc3ccccc3P(C)(C)=O)n2)c(OC)cc1N1CCC(N2CCN(CCCCCc3ccc4c(N(C=O)CCC(=O)NC)nn(C)c4c3)CC2)CC1. The molecule has 4 heterocycles. The highest BCUT2D eigenvalue weighted by atomic mass is 35.5. The number of unbranched alkanes of at least 4 members (excludes halogenated alkanes) is 2. The summed E-state index contributed by atoms with van der Waals surface area (Å²) in [6.45, 7) is 13.6. The van der Waals surface area contributed by atoms with Crippen LogP contribution in [0.15, 0.2) is 60.8 Å². The van der Waals surface area contributed by atoms with Gasteiger partial charge < -0.3 is 35.1 Å². The fourth-order valence-corrected chi connectivity index (χ4v) is 10.4. The van der Waals surface area contributed by atoms with Crippen LogP contribution in [0.1, 0.15) is 56.6 Å². The topological polar surface area (TPSA) is 153 Å². The molecular formula is C48H65ClN11O4P. The molecule has 0 bridgehead atoms. The number of benzene rings is 3. The number of piperazine rings is 1. The second kappa shape index (κ2) is 21.9. The van der Waals surface area contributed by atoms with E-state index in [4.69, 9.17) is 21.3 Å². The van der Waals surface area contributed by atoms with Gasteiger partial charge in [-0.2, -0.15) is 10.1 Å². The quantitative estimate of drug-likeness (QED) is 0.0405. The minimum Gasteiger partial charge on any atom is -0.494 e. The number of halogens is 1. The van der Waals surface area contributed by atoms with Crippen molar-refractivity contribution in [3.8, 4) is 5.75 Å². The molecule has 2 saturated heterocycles. The number of hydrogen-bond donors (Lipinski definition) is 3. The second-order valence-electron chi connectivity index (χ2n) is 17.5. The van der Waals surface area contributed by atoms with E-state index in [0.29, 0.717) is 40.1 Å². The molecule has 0 spiro atoms. The minimum atomic E-state index is -2.55. The molecule has 2 aromatic heterocycles. The molecule has 0 saturated carbocycles. The van der Waals surface area contributed by atoms with Gasteiger partial charge >= 0.3 is 0 Å². The number of nitrogens with zero attached hydrogens (tertiary/aromatic N) is 8. The number of methoxy groups -OCH3 is 1. The number of piperidine rings is 1. The molecule has 2 fully saturated rings. The van der Waals surface area contributed by atoms with E-state index in [1.54, 1.807) is 33.7 Å². The van der Waals surface area contributed by atoms with Crippen molar-refractivity contribution in [2.24, 2.45) is 7.05 Å². The van der Waals surface area contributed by atoms with Gasteiger partial charge in [0.2, 0.25) is 18.3 Å². The van der Waals surface area contributed by atoms with Crippen LogP contribution in [0.4, 0.5) is 34.6 Å². The number of para-hydroxylation sites is 1. The largest absolute Gasteiger partial charge is 0.494 e.